The number of aromatic hydroxyl groups is 1. The Labute approximate surface area is 389 Å². The van der Waals surface area contributed by atoms with Crippen LogP contribution >= 0.6 is 0 Å². The van der Waals surface area contributed by atoms with Gasteiger partial charge in [-0.25, -0.2) is 4.79 Å². The molecule has 5 N–H and O–H groups in total. The first kappa shape index (κ1) is 46.7. The fourth-order valence-electron chi connectivity index (χ4n) is 8.87. The van der Waals surface area contributed by atoms with Crippen molar-refractivity contribution in [3.8, 4) is 11.5 Å². The minimum absolute atomic E-state index is 0.0631. The summed E-state index contributed by atoms with van der Waals surface area (Å²) in [6.45, 7) is 4.85. The van der Waals surface area contributed by atoms with E-state index in [1.807, 2.05) is 36.4 Å². The van der Waals surface area contributed by atoms with Gasteiger partial charge in [0, 0.05) is 61.8 Å². The van der Waals surface area contributed by atoms with Crippen molar-refractivity contribution in [2.45, 2.75) is 37.5 Å². The number of aliphatic hydroxyl groups excluding tert-OH is 1. The maximum absolute atomic E-state index is 13.9. The molecule has 348 valence electrons. The van der Waals surface area contributed by atoms with Gasteiger partial charge in [-0.3, -0.25) is 19.3 Å². The highest BCUT2D eigenvalue weighted by molar-refractivity contribution is 5.94. The summed E-state index contributed by atoms with van der Waals surface area (Å²) in [7, 11) is 0. The average Bonchev–Trinajstić information content (AvgIpc) is 3.37. The van der Waals surface area contributed by atoms with Crippen LogP contribution < -0.4 is 15.6 Å². The lowest BCUT2D eigenvalue weighted by atomic mass is 9.86. The lowest BCUT2D eigenvalue weighted by Crippen LogP contribution is -2.51. The first-order chi connectivity index (χ1) is 32.5. The Bertz CT molecular complexity index is 2680. The number of piperazine rings is 1. The van der Waals surface area contributed by atoms with E-state index in [2.05, 4.69) is 27.3 Å². The number of H-pyrrole nitrogens is 1. The first-order valence-electron chi connectivity index (χ1n) is 22.9. The molecule has 0 bridgehead atoms. The summed E-state index contributed by atoms with van der Waals surface area (Å²) in [5, 5.41) is 37.0. The lowest BCUT2D eigenvalue weighted by molar-refractivity contribution is -0.164. The molecule has 0 radical (unpaired) electrons. The normalized spacial score (nSPS) is 16.0. The van der Waals surface area contributed by atoms with Crippen LogP contribution in [0.25, 0.3) is 10.9 Å². The maximum Gasteiger partial charge on any atom is 0.347 e. The topological polar surface area (TPSA) is 185 Å². The second kappa shape index (κ2) is 21.6. The first-order valence-corrected chi connectivity index (χ1v) is 22.9. The van der Waals surface area contributed by atoms with Gasteiger partial charge in [0.05, 0.1) is 18.2 Å². The third-order valence-corrected chi connectivity index (χ3v) is 12.8. The van der Waals surface area contributed by atoms with Crippen molar-refractivity contribution in [1.82, 2.24) is 25.0 Å². The summed E-state index contributed by atoms with van der Waals surface area (Å²) in [4.78, 5) is 60.8. The van der Waals surface area contributed by atoms with Gasteiger partial charge in [-0.15, -0.1) is 0 Å². The minimum Gasteiger partial charge on any atom is -0.506 e. The van der Waals surface area contributed by atoms with Crippen molar-refractivity contribution < 1.29 is 39.2 Å². The molecule has 14 nitrogen and oxygen atoms in total. The molecule has 0 spiro atoms. The number of carbonyl (C=O) groups is 3. The van der Waals surface area contributed by atoms with Gasteiger partial charge in [0.1, 0.15) is 11.5 Å². The Morgan fingerprint density at radius 1 is 0.761 bits per heavy atom. The predicted molar refractivity (Wildman–Crippen MR) is 253 cm³/mol. The number of piperidine rings is 1. The SMILES string of the molecule is O=C(COc1cccc([C@](O)(C(=O)OCC2CCN(Cc3ccccc3)CC2)c2ccccc2)c1)N1CCN(C(=O)c2ccc(CCNC[C@H](O)c3ccc(O)c4[nH]c(=O)ccc34)cc2)CC1. The standard InChI is InChI=1S/C53H57N5O9/c59-46-20-18-44(45-19-21-48(61)55-50(45)46)47(60)33-54-25-22-37-14-16-40(17-15-37)51(63)58-30-28-57(29-31-58)49(62)36-66-43-13-7-12-42(32-43)53(65,41-10-5-2-6-11-41)52(64)67-35-39-23-26-56(27-24-39)34-38-8-3-1-4-9-38/h1-21,32,39,47,54,59-60,65H,22-31,33-36H2,(H,55,61)/t47-,53-/m0/s1. The predicted octanol–water partition coefficient (Wildman–Crippen LogP) is 5.15. The second-order valence-corrected chi connectivity index (χ2v) is 17.3. The number of aliphatic hydroxyl groups is 2. The van der Waals surface area contributed by atoms with Crippen LogP contribution in [0, 0.1) is 5.92 Å². The minimum atomic E-state index is -2.11. The van der Waals surface area contributed by atoms with Gasteiger partial charge >= 0.3 is 5.97 Å². The summed E-state index contributed by atoms with van der Waals surface area (Å²) >= 11 is 0. The number of pyridine rings is 1. The van der Waals surface area contributed by atoms with Crippen LogP contribution in [-0.4, -0.2) is 118 Å². The van der Waals surface area contributed by atoms with E-state index in [0.717, 1.165) is 38.0 Å². The number of fused-ring (bicyclic) bond motifs is 1. The van der Waals surface area contributed by atoms with Crippen molar-refractivity contribution in [2.75, 3.05) is 65.6 Å². The zero-order valence-electron chi connectivity index (χ0n) is 37.4. The summed E-state index contributed by atoms with van der Waals surface area (Å²) in [5.74, 6) is -0.715. The summed E-state index contributed by atoms with van der Waals surface area (Å²) in [6, 6.07) is 39.1. The van der Waals surface area contributed by atoms with Crippen LogP contribution in [0.15, 0.2) is 138 Å². The van der Waals surface area contributed by atoms with E-state index in [1.54, 1.807) is 82.6 Å². The van der Waals surface area contributed by atoms with Crippen LogP contribution in [-0.2, 0) is 32.9 Å². The molecule has 1 aromatic heterocycles. The number of phenolic OH excluding ortho intramolecular Hbond substituents is 1. The van der Waals surface area contributed by atoms with E-state index in [0.29, 0.717) is 67.0 Å². The maximum atomic E-state index is 13.9. The number of benzene rings is 5. The molecule has 14 heteroatoms. The number of nitrogens with zero attached hydrogens (tertiary/aromatic N) is 3. The van der Waals surface area contributed by atoms with Crippen LogP contribution in [0.5, 0.6) is 11.5 Å². The molecule has 0 unspecified atom stereocenters. The largest absolute Gasteiger partial charge is 0.506 e. The fourth-order valence-corrected chi connectivity index (χ4v) is 8.87. The van der Waals surface area contributed by atoms with Crippen molar-refractivity contribution in [1.29, 1.82) is 0 Å². The van der Waals surface area contributed by atoms with Crippen LogP contribution in [0.4, 0.5) is 0 Å². The fraction of sp³-hybridized carbons (Fsp3) is 0.321. The van der Waals surface area contributed by atoms with Crippen molar-refractivity contribution in [2.24, 2.45) is 5.92 Å². The average molecular weight is 908 g/mol. The van der Waals surface area contributed by atoms with Crippen LogP contribution in [0.2, 0.25) is 0 Å². The van der Waals surface area contributed by atoms with Crippen molar-refractivity contribution >= 4 is 28.7 Å². The number of amides is 2. The van der Waals surface area contributed by atoms with E-state index in [9.17, 15) is 34.5 Å². The number of aromatic nitrogens is 1. The van der Waals surface area contributed by atoms with Crippen LogP contribution in [0.1, 0.15) is 57.1 Å². The molecule has 2 aliphatic rings. The number of nitrogens with one attached hydrogen (secondary N) is 2. The number of ether oxygens (including phenoxy) is 2. The van der Waals surface area contributed by atoms with E-state index in [4.69, 9.17) is 9.47 Å². The van der Waals surface area contributed by atoms with Gasteiger partial charge < -0.3 is 44.9 Å². The zero-order valence-corrected chi connectivity index (χ0v) is 37.4. The number of phenols is 1. The van der Waals surface area contributed by atoms with Gasteiger partial charge in [-0.2, -0.15) is 0 Å². The monoisotopic (exact) mass is 907 g/mol. The third-order valence-electron chi connectivity index (χ3n) is 12.8. The number of hydrogen-bond acceptors (Lipinski definition) is 11. The van der Waals surface area contributed by atoms with Gasteiger partial charge in [0.25, 0.3) is 11.8 Å². The molecule has 2 saturated heterocycles. The van der Waals surface area contributed by atoms with E-state index in [-0.39, 0.29) is 59.9 Å². The summed E-state index contributed by atoms with van der Waals surface area (Å²) < 4.78 is 11.8. The molecule has 2 fully saturated rings. The van der Waals surface area contributed by atoms with Crippen molar-refractivity contribution in [3.63, 3.8) is 0 Å². The number of esters is 1. The second-order valence-electron chi connectivity index (χ2n) is 17.3. The van der Waals surface area contributed by atoms with Crippen LogP contribution in [0.3, 0.4) is 0 Å². The van der Waals surface area contributed by atoms with E-state index in [1.165, 1.54) is 17.7 Å². The Morgan fingerprint density at radius 2 is 1.45 bits per heavy atom. The Morgan fingerprint density at radius 3 is 2.18 bits per heavy atom. The molecule has 2 atom stereocenters. The molecule has 67 heavy (non-hydrogen) atoms. The Hall–Kier alpha value is -6.84. The lowest BCUT2D eigenvalue weighted by Gasteiger charge is -2.34. The number of carbonyl (C=O) groups excluding carboxylic acids is 3. The molecule has 3 heterocycles. The molecule has 0 saturated carbocycles. The van der Waals surface area contributed by atoms with E-state index < -0.39 is 17.7 Å². The molecule has 8 rings (SSSR count). The number of likely N-dealkylation sites (tertiary alicyclic amines) is 1. The van der Waals surface area contributed by atoms with Gasteiger partial charge in [-0.1, -0.05) is 91.0 Å². The number of rotatable bonds is 17. The van der Waals surface area contributed by atoms with Gasteiger partial charge in [0.15, 0.2) is 6.61 Å². The van der Waals surface area contributed by atoms with E-state index >= 15 is 0 Å². The highest BCUT2D eigenvalue weighted by atomic mass is 16.5. The number of hydrogen-bond donors (Lipinski definition) is 5. The molecule has 6 aromatic rings. The Balaban J connectivity index is 0.783. The summed E-state index contributed by atoms with van der Waals surface area (Å²) in [6.07, 6.45) is 1.56. The summed E-state index contributed by atoms with van der Waals surface area (Å²) in [5.41, 5.74) is 1.88. The van der Waals surface area contributed by atoms with Gasteiger partial charge in [-0.05, 0) is 103 Å². The molecule has 2 aliphatic heterocycles. The molecule has 5 aromatic carbocycles. The zero-order chi connectivity index (χ0) is 46.8. The third kappa shape index (κ3) is 11.4. The van der Waals surface area contributed by atoms with Crippen molar-refractivity contribution in [3.05, 3.63) is 177 Å². The number of aromatic amines is 1. The Kier molecular flexibility index (Phi) is 15.1. The molecule has 2 amide bonds. The highest BCUT2D eigenvalue weighted by Gasteiger charge is 2.42. The smallest absolute Gasteiger partial charge is 0.347 e. The highest BCUT2D eigenvalue weighted by Crippen LogP contribution is 2.34. The molecular formula is C53H57N5O9. The molecule has 0 aliphatic carbocycles. The quantitative estimate of drug-likeness (QED) is 0.0603. The molecular weight excluding hydrogens is 851 g/mol. The van der Waals surface area contributed by atoms with Gasteiger partial charge in [0.2, 0.25) is 11.2 Å².